The van der Waals surface area contributed by atoms with Crippen LogP contribution in [0.1, 0.15) is 10.4 Å². The molecule has 0 amide bonds. The SMILES string of the molecule is O=C(O)c1cccc(-c2nc(-c3ccc(O)cc3O)cs2)c1. The van der Waals surface area contributed by atoms with Crippen molar-refractivity contribution in [1.29, 1.82) is 0 Å². The van der Waals surface area contributed by atoms with Gasteiger partial charge in [-0.15, -0.1) is 11.3 Å². The molecule has 0 aliphatic carbocycles. The Morgan fingerprint density at radius 2 is 1.91 bits per heavy atom. The zero-order valence-corrected chi connectivity index (χ0v) is 12.0. The Morgan fingerprint density at radius 3 is 2.64 bits per heavy atom. The number of benzene rings is 2. The number of nitrogens with zero attached hydrogens (tertiary/aromatic N) is 1. The highest BCUT2D eigenvalue weighted by molar-refractivity contribution is 7.13. The molecule has 0 aliphatic heterocycles. The van der Waals surface area contributed by atoms with Gasteiger partial charge >= 0.3 is 5.97 Å². The van der Waals surface area contributed by atoms with E-state index < -0.39 is 5.97 Å². The summed E-state index contributed by atoms with van der Waals surface area (Å²) in [5.41, 5.74) is 1.98. The Morgan fingerprint density at radius 1 is 1.09 bits per heavy atom. The van der Waals surface area contributed by atoms with Gasteiger partial charge in [0, 0.05) is 22.6 Å². The number of carboxylic acid groups (broad SMARTS) is 1. The summed E-state index contributed by atoms with van der Waals surface area (Å²) < 4.78 is 0. The van der Waals surface area contributed by atoms with E-state index >= 15 is 0 Å². The Kier molecular flexibility index (Phi) is 3.52. The Balaban J connectivity index is 2.00. The van der Waals surface area contributed by atoms with E-state index in [1.807, 2.05) is 0 Å². The molecule has 0 spiro atoms. The average molecular weight is 313 g/mol. The molecule has 0 saturated carbocycles. The van der Waals surface area contributed by atoms with Crippen LogP contribution in [0, 0.1) is 0 Å². The molecule has 1 aromatic heterocycles. The molecule has 3 N–H and O–H groups in total. The number of rotatable bonds is 3. The standard InChI is InChI=1S/C16H11NO4S/c18-11-4-5-12(14(19)7-11)13-8-22-15(17-13)9-2-1-3-10(6-9)16(20)21/h1-8,18-19H,(H,20,21). The van der Waals surface area contributed by atoms with Crippen molar-refractivity contribution in [3.63, 3.8) is 0 Å². The van der Waals surface area contributed by atoms with Gasteiger partial charge in [-0.25, -0.2) is 9.78 Å². The lowest BCUT2D eigenvalue weighted by Crippen LogP contribution is -1.95. The minimum atomic E-state index is -0.991. The molecule has 2 aromatic carbocycles. The van der Waals surface area contributed by atoms with Crippen LogP contribution in [-0.2, 0) is 0 Å². The zero-order valence-electron chi connectivity index (χ0n) is 11.2. The summed E-state index contributed by atoms with van der Waals surface area (Å²) in [6.45, 7) is 0. The Hall–Kier alpha value is -2.86. The maximum Gasteiger partial charge on any atom is 0.335 e. The lowest BCUT2D eigenvalue weighted by atomic mass is 10.1. The predicted molar refractivity (Wildman–Crippen MR) is 83.3 cm³/mol. The van der Waals surface area contributed by atoms with Gasteiger partial charge in [0.1, 0.15) is 16.5 Å². The van der Waals surface area contributed by atoms with Crippen LogP contribution in [0.2, 0.25) is 0 Å². The van der Waals surface area contributed by atoms with E-state index in [0.717, 1.165) is 0 Å². The van der Waals surface area contributed by atoms with Gasteiger partial charge in [0.2, 0.25) is 0 Å². The van der Waals surface area contributed by atoms with Gasteiger partial charge in [0.15, 0.2) is 0 Å². The van der Waals surface area contributed by atoms with Crippen molar-refractivity contribution in [1.82, 2.24) is 4.98 Å². The normalized spacial score (nSPS) is 10.5. The summed E-state index contributed by atoms with van der Waals surface area (Å²) in [6, 6.07) is 10.8. The van der Waals surface area contributed by atoms with Gasteiger partial charge in [-0.05, 0) is 24.3 Å². The van der Waals surface area contributed by atoms with Gasteiger partial charge in [0.05, 0.1) is 11.3 Å². The number of phenolic OH excluding ortho intramolecular Hbond substituents is 2. The molecular weight excluding hydrogens is 302 g/mol. The van der Waals surface area contributed by atoms with Crippen molar-refractivity contribution in [2.75, 3.05) is 0 Å². The summed E-state index contributed by atoms with van der Waals surface area (Å²) in [5, 5.41) is 30.6. The van der Waals surface area contributed by atoms with Crippen molar-refractivity contribution in [3.8, 4) is 33.3 Å². The second-order valence-corrected chi connectivity index (χ2v) is 5.48. The lowest BCUT2D eigenvalue weighted by molar-refractivity contribution is 0.0697. The number of hydrogen-bond acceptors (Lipinski definition) is 5. The van der Waals surface area contributed by atoms with Crippen molar-refractivity contribution in [3.05, 3.63) is 53.4 Å². The molecule has 22 heavy (non-hydrogen) atoms. The minimum Gasteiger partial charge on any atom is -0.508 e. The van der Waals surface area contributed by atoms with Crippen molar-refractivity contribution < 1.29 is 20.1 Å². The highest BCUT2D eigenvalue weighted by Crippen LogP contribution is 2.35. The van der Waals surface area contributed by atoms with E-state index in [1.54, 1.807) is 29.6 Å². The zero-order chi connectivity index (χ0) is 15.7. The van der Waals surface area contributed by atoms with E-state index in [0.29, 0.717) is 21.8 Å². The molecule has 0 atom stereocenters. The van der Waals surface area contributed by atoms with Gasteiger partial charge in [-0.3, -0.25) is 0 Å². The third-order valence-corrected chi connectivity index (χ3v) is 4.01. The van der Waals surface area contributed by atoms with Gasteiger partial charge in [0.25, 0.3) is 0 Å². The molecule has 0 fully saturated rings. The second-order valence-electron chi connectivity index (χ2n) is 4.63. The Labute approximate surface area is 129 Å². The predicted octanol–water partition coefficient (Wildman–Crippen LogP) is 3.59. The topological polar surface area (TPSA) is 90.7 Å². The van der Waals surface area contributed by atoms with Crippen LogP contribution in [0.25, 0.3) is 21.8 Å². The molecule has 3 aromatic rings. The van der Waals surface area contributed by atoms with Crippen LogP contribution < -0.4 is 0 Å². The fraction of sp³-hybridized carbons (Fsp3) is 0. The molecule has 6 heteroatoms. The Bertz CT molecular complexity index is 857. The first-order valence-corrected chi connectivity index (χ1v) is 7.24. The van der Waals surface area contributed by atoms with Gasteiger partial charge < -0.3 is 15.3 Å². The summed E-state index contributed by atoms with van der Waals surface area (Å²) in [6.07, 6.45) is 0. The smallest absolute Gasteiger partial charge is 0.335 e. The first-order valence-electron chi connectivity index (χ1n) is 6.36. The summed E-state index contributed by atoms with van der Waals surface area (Å²) in [5.74, 6) is -1.07. The number of thiazole rings is 1. The summed E-state index contributed by atoms with van der Waals surface area (Å²) in [7, 11) is 0. The number of hydrogen-bond donors (Lipinski definition) is 3. The molecule has 0 radical (unpaired) electrons. The van der Waals surface area contributed by atoms with E-state index in [1.165, 1.54) is 29.5 Å². The third kappa shape index (κ3) is 2.64. The largest absolute Gasteiger partial charge is 0.508 e. The molecule has 0 saturated heterocycles. The molecule has 0 unspecified atom stereocenters. The minimum absolute atomic E-state index is 0.0223. The number of aromatic carboxylic acids is 1. The quantitative estimate of drug-likeness (QED) is 0.687. The van der Waals surface area contributed by atoms with Crippen LogP contribution in [0.5, 0.6) is 11.5 Å². The fourth-order valence-corrected chi connectivity index (χ4v) is 2.87. The van der Waals surface area contributed by atoms with E-state index in [4.69, 9.17) is 5.11 Å². The van der Waals surface area contributed by atoms with Crippen LogP contribution in [0.3, 0.4) is 0 Å². The number of phenols is 2. The van der Waals surface area contributed by atoms with Crippen LogP contribution in [0.15, 0.2) is 47.8 Å². The molecular formula is C16H11NO4S. The summed E-state index contributed by atoms with van der Waals surface area (Å²) >= 11 is 1.35. The van der Waals surface area contributed by atoms with Crippen LogP contribution in [-0.4, -0.2) is 26.3 Å². The van der Waals surface area contributed by atoms with Crippen molar-refractivity contribution in [2.24, 2.45) is 0 Å². The highest BCUT2D eigenvalue weighted by atomic mass is 32.1. The number of aromatic nitrogens is 1. The third-order valence-electron chi connectivity index (χ3n) is 3.12. The van der Waals surface area contributed by atoms with Crippen molar-refractivity contribution >= 4 is 17.3 Å². The molecule has 3 rings (SSSR count). The molecule has 0 aliphatic rings. The fourth-order valence-electron chi connectivity index (χ4n) is 2.05. The molecule has 5 nitrogen and oxygen atoms in total. The average Bonchev–Trinajstić information content (AvgIpc) is 2.97. The molecule has 110 valence electrons. The first kappa shape index (κ1) is 14.1. The van der Waals surface area contributed by atoms with E-state index in [-0.39, 0.29) is 17.1 Å². The van der Waals surface area contributed by atoms with Crippen LogP contribution in [0.4, 0.5) is 0 Å². The first-order chi connectivity index (χ1) is 10.5. The maximum absolute atomic E-state index is 11.0. The number of aromatic hydroxyl groups is 2. The monoisotopic (exact) mass is 313 g/mol. The van der Waals surface area contributed by atoms with Crippen LogP contribution >= 0.6 is 11.3 Å². The molecule has 0 bridgehead atoms. The molecule has 1 heterocycles. The number of carboxylic acids is 1. The second kappa shape index (κ2) is 5.50. The maximum atomic E-state index is 11.0. The summed E-state index contributed by atoms with van der Waals surface area (Å²) in [4.78, 5) is 15.4. The van der Waals surface area contributed by atoms with Gasteiger partial charge in [-0.2, -0.15) is 0 Å². The highest BCUT2D eigenvalue weighted by Gasteiger charge is 2.12. The van der Waals surface area contributed by atoms with Crippen molar-refractivity contribution in [2.45, 2.75) is 0 Å². The van der Waals surface area contributed by atoms with E-state index in [2.05, 4.69) is 4.98 Å². The number of carbonyl (C=O) groups is 1. The van der Waals surface area contributed by atoms with E-state index in [9.17, 15) is 15.0 Å². The lowest BCUT2D eigenvalue weighted by Gasteiger charge is -2.02. The van der Waals surface area contributed by atoms with Gasteiger partial charge in [-0.1, -0.05) is 12.1 Å².